The number of aromatic nitrogens is 1. The minimum atomic E-state index is -0.456. The van der Waals surface area contributed by atoms with Crippen molar-refractivity contribution in [2.45, 2.75) is 33.1 Å². The topological polar surface area (TPSA) is 52.3 Å². The van der Waals surface area contributed by atoms with Gasteiger partial charge in [-0.2, -0.15) is 0 Å². The number of aryl methyl sites for hydroxylation is 1. The number of esters is 1. The molecule has 1 heterocycles. The van der Waals surface area contributed by atoms with Gasteiger partial charge in [0.25, 0.3) is 0 Å². The summed E-state index contributed by atoms with van der Waals surface area (Å²) in [4.78, 5) is 11.5. The van der Waals surface area contributed by atoms with Crippen LogP contribution in [0.15, 0.2) is 34.9 Å². The van der Waals surface area contributed by atoms with Crippen LogP contribution in [0, 0.1) is 0 Å². The Bertz CT molecular complexity index is 557. The van der Waals surface area contributed by atoms with Crippen LogP contribution in [0.5, 0.6) is 0 Å². The van der Waals surface area contributed by atoms with E-state index in [0.717, 1.165) is 12.0 Å². The monoisotopic (exact) mass is 273 g/mol. The molecule has 106 valence electrons. The summed E-state index contributed by atoms with van der Waals surface area (Å²) in [5, 5.41) is 3.73. The van der Waals surface area contributed by atoms with Crippen LogP contribution in [0.1, 0.15) is 42.7 Å². The van der Waals surface area contributed by atoms with Gasteiger partial charge in [0.05, 0.1) is 6.61 Å². The van der Waals surface area contributed by atoms with Crippen LogP contribution < -0.4 is 0 Å². The molecule has 1 aromatic heterocycles. The molecule has 0 bridgehead atoms. The van der Waals surface area contributed by atoms with Crippen molar-refractivity contribution in [1.29, 1.82) is 0 Å². The maximum atomic E-state index is 11.5. The van der Waals surface area contributed by atoms with E-state index in [1.807, 2.05) is 12.1 Å². The maximum Gasteiger partial charge on any atom is 0.360 e. The Morgan fingerprint density at radius 3 is 2.65 bits per heavy atom. The van der Waals surface area contributed by atoms with E-state index in [0.29, 0.717) is 12.4 Å². The molecule has 1 aromatic carbocycles. The number of ether oxygens (including phenoxy) is 1. The summed E-state index contributed by atoms with van der Waals surface area (Å²) < 4.78 is 10.1. The minimum Gasteiger partial charge on any atom is -0.461 e. The van der Waals surface area contributed by atoms with Crippen molar-refractivity contribution in [3.63, 3.8) is 0 Å². The van der Waals surface area contributed by atoms with E-state index in [1.54, 1.807) is 13.0 Å². The van der Waals surface area contributed by atoms with Gasteiger partial charge < -0.3 is 9.26 Å². The normalized spacial score (nSPS) is 10.5. The Kier molecular flexibility index (Phi) is 4.93. The highest BCUT2D eigenvalue weighted by atomic mass is 16.5. The molecular weight excluding hydrogens is 254 g/mol. The summed E-state index contributed by atoms with van der Waals surface area (Å²) in [6.07, 6.45) is 3.46. The van der Waals surface area contributed by atoms with Crippen LogP contribution in [0.3, 0.4) is 0 Å². The predicted octanol–water partition coefficient (Wildman–Crippen LogP) is 3.86. The molecule has 0 spiro atoms. The number of carbonyl (C=O) groups is 1. The van der Waals surface area contributed by atoms with Crippen LogP contribution in [0.2, 0.25) is 0 Å². The number of carbonyl (C=O) groups excluding carboxylic acids is 1. The lowest BCUT2D eigenvalue weighted by Gasteiger charge is -2.00. The quantitative estimate of drug-likeness (QED) is 0.750. The van der Waals surface area contributed by atoms with Crippen molar-refractivity contribution in [2.24, 2.45) is 0 Å². The first kappa shape index (κ1) is 14.3. The van der Waals surface area contributed by atoms with Gasteiger partial charge in [-0.1, -0.05) is 42.8 Å². The van der Waals surface area contributed by atoms with Crippen molar-refractivity contribution >= 4 is 5.97 Å². The van der Waals surface area contributed by atoms with E-state index in [-0.39, 0.29) is 5.69 Å². The molecule has 0 saturated carbocycles. The zero-order valence-corrected chi connectivity index (χ0v) is 11.9. The first-order valence-electron chi connectivity index (χ1n) is 6.97. The summed E-state index contributed by atoms with van der Waals surface area (Å²) in [7, 11) is 0. The SMILES string of the molecule is CCCCc1ccc(-c2cc(C(=O)OCC)no2)cc1. The standard InChI is InChI=1S/C16H19NO3/c1-3-5-6-12-7-9-13(10-8-12)15-11-14(17-20-15)16(18)19-4-2/h7-11H,3-6H2,1-2H3. The third-order valence-corrected chi connectivity index (χ3v) is 3.05. The molecular formula is C16H19NO3. The summed E-state index contributed by atoms with van der Waals surface area (Å²) >= 11 is 0. The molecule has 0 unspecified atom stereocenters. The average Bonchev–Trinajstić information content (AvgIpc) is 2.96. The highest BCUT2D eigenvalue weighted by molar-refractivity contribution is 5.88. The van der Waals surface area contributed by atoms with Crippen LogP contribution in [-0.2, 0) is 11.2 Å². The number of benzene rings is 1. The molecule has 0 aliphatic heterocycles. The van der Waals surface area contributed by atoms with Gasteiger partial charge in [0.2, 0.25) is 0 Å². The van der Waals surface area contributed by atoms with Gasteiger partial charge in [0, 0.05) is 11.6 Å². The zero-order chi connectivity index (χ0) is 14.4. The third-order valence-electron chi connectivity index (χ3n) is 3.05. The molecule has 0 fully saturated rings. The van der Waals surface area contributed by atoms with Crippen LogP contribution >= 0.6 is 0 Å². The molecule has 0 atom stereocenters. The second kappa shape index (κ2) is 6.89. The van der Waals surface area contributed by atoms with Crippen LogP contribution in [-0.4, -0.2) is 17.7 Å². The van der Waals surface area contributed by atoms with Gasteiger partial charge in [-0.3, -0.25) is 0 Å². The first-order chi connectivity index (χ1) is 9.74. The maximum absolute atomic E-state index is 11.5. The number of hydrogen-bond donors (Lipinski definition) is 0. The van der Waals surface area contributed by atoms with Gasteiger partial charge in [-0.25, -0.2) is 4.79 Å². The molecule has 2 rings (SSSR count). The van der Waals surface area contributed by atoms with Crippen LogP contribution in [0.25, 0.3) is 11.3 Å². The molecule has 0 saturated heterocycles. The molecule has 20 heavy (non-hydrogen) atoms. The second-order valence-electron chi connectivity index (χ2n) is 4.60. The summed E-state index contributed by atoms with van der Waals surface area (Å²) in [6.45, 7) is 4.26. The van der Waals surface area contributed by atoms with Crippen molar-refractivity contribution in [2.75, 3.05) is 6.61 Å². The molecule has 0 N–H and O–H groups in total. The van der Waals surface area contributed by atoms with E-state index >= 15 is 0 Å². The smallest absolute Gasteiger partial charge is 0.360 e. The molecule has 4 heteroatoms. The number of rotatable bonds is 6. The van der Waals surface area contributed by atoms with E-state index in [2.05, 4.69) is 24.2 Å². The fourth-order valence-corrected chi connectivity index (χ4v) is 1.93. The second-order valence-corrected chi connectivity index (χ2v) is 4.60. The highest BCUT2D eigenvalue weighted by Gasteiger charge is 2.14. The largest absolute Gasteiger partial charge is 0.461 e. The van der Waals surface area contributed by atoms with E-state index in [1.165, 1.54) is 18.4 Å². The van der Waals surface area contributed by atoms with Crippen LogP contribution in [0.4, 0.5) is 0 Å². The Labute approximate surface area is 118 Å². The molecule has 4 nitrogen and oxygen atoms in total. The fourth-order valence-electron chi connectivity index (χ4n) is 1.93. The summed E-state index contributed by atoms with van der Waals surface area (Å²) in [5.74, 6) is 0.122. The van der Waals surface area contributed by atoms with Crippen molar-refractivity contribution < 1.29 is 14.1 Å². The average molecular weight is 273 g/mol. The van der Waals surface area contributed by atoms with E-state index < -0.39 is 5.97 Å². The Hall–Kier alpha value is -2.10. The number of unbranched alkanes of at least 4 members (excludes halogenated alkanes) is 1. The molecule has 0 radical (unpaired) electrons. The van der Waals surface area contributed by atoms with Crippen molar-refractivity contribution in [1.82, 2.24) is 5.16 Å². The van der Waals surface area contributed by atoms with Gasteiger partial charge in [-0.05, 0) is 25.3 Å². The van der Waals surface area contributed by atoms with Gasteiger partial charge in [-0.15, -0.1) is 0 Å². The lowest BCUT2D eigenvalue weighted by atomic mass is 10.1. The Morgan fingerprint density at radius 2 is 2.00 bits per heavy atom. The van der Waals surface area contributed by atoms with Gasteiger partial charge >= 0.3 is 5.97 Å². The van der Waals surface area contributed by atoms with E-state index in [9.17, 15) is 4.79 Å². The molecule has 0 aliphatic rings. The van der Waals surface area contributed by atoms with Gasteiger partial charge in [0.15, 0.2) is 11.5 Å². The predicted molar refractivity (Wildman–Crippen MR) is 76.5 cm³/mol. The first-order valence-corrected chi connectivity index (χ1v) is 6.97. The van der Waals surface area contributed by atoms with Crippen molar-refractivity contribution in [3.8, 4) is 11.3 Å². The Morgan fingerprint density at radius 1 is 1.25 bits per heavy atom. The highest BCUT2D eigenvalue weighted by Crippen LogP contribution is 2.21. The number of nitrogens with zero attached hydrogens (tertiary/aromatic N) is 1. The van der Waals surface area contributed by atoms with Gasteiger partial charge in [0.1, 0.15) is 0 Å². The molecule has 0 amide bonds. The fraction of sp³-hybridized carbons (Fsp3) is 0.375. The number of hydrogen-bond acceptors (Lipinski definition) is 4. The zero-order valence-electron chi connectivity index (χ0n) is 11.9. The molecule has 2 aromatic rings. The third kappa shape index (κ3) is 3.47. The summed E-state index contributed by atoms with van der Waals surface area (Å²) in [6, 6.07) is 9.75. The summed E-state index contributed by atoms with van der Waals surface area (Å²) in [5.41, 5.74) is 2.42. The van der Waals surface area contributed by atoms with E-state index in [4.69, 9.17) is 9.26 Å². The minimum absolute atomic E-state index is 0.205. The lowest BCUT2D eigenvalue weighted by molar-refractivity contribution is 0.0514. The Balaban J connectivity index is 2.09. The lowest BCUT2D eigenvalue weighted by Crippen LogP contribution is -2.04. The van der Waals surface area contributed by atoms with Crippen molar-refractivity contribution in [3.05, 3.63) is 41.6 Å². The molecule has 0 aliphatic carbocycles.